The fraction of sp³-hybridized carbons (Fsp3) is 0.222. The minimum Gasteiger partial charge on any atom is -0.477 e. The molecule has 0 amide bonds. The standard InChI is InChI=1S/C9H7Cl2NO/c10-6-7-2-1-3-8(11)9(7)13-5-4-12/h1-3H,5-6H2. The molecule has 0 aromatic heterocycles. The van der Waals surface area contributed by atoms with Crippen LogP contribution >= 0.6 is 23.2 Å². The van der Waals surface area contributed by atoms with Gasteiger partial charge < -0.3 is 4.74 Å². The number of alkyl halides is 1. The highest BCUT2D eigenvalue weighted by molar-refractivity contribution is 6.32. The monoisotopic (exact) mass is 215 g/mol. The van der Waals surface area contributed by atoms with Crippen LogP contribution in [0, 0.1) is 11.3 Å². The highest BCUT2D eigenvalue weighted by atomic mass is 35.5. The molecule has 0 saturated carbocycles. The topological polar surface area (TPSA) is 33.0 Å². The summed E-state index contributed by atoms with van der Waals surface area (Å²) in [6.07, 6.45) is 0. The van der Waals surface area contributed by atoms with Crippen molar-refractivity contribution in [2.75, 3.05) is 6.61 Å². The van der Waals surface area contributed by atoms with Gasteiger partial charge in [-0.1, -0.05) is 23.7 Å². The van der Waals surface area contributed by atoms with Crippen LogP contribution in [0.1, 0.15) is 5.56 Å². The van der Waals surface area contributed by atoms with E-state index in [4.69, 9.17) is 33.2 Å². The zero-order chi connectivity index (χ0) is 9.68. The number of hydrogen-bond donors (Lipinski definition) is 0. The molecular weight excluding hydrogens is 209 g/mol. The van der Waals surface area contributed by atoms with E-state index in [1.807, 2.05) is 12.1 Å². The van der Waals surface area contributed by atoms with Crippen LogP contribution in [0.4, 0.5) is 0 Å². The highest BCUT2D eigenvalue weighted by Gasteiger charge is 2.06. The quantitative estimate of drug-likeness (QED) is 0.727. The van der Waals surface area contributed by atoms with Gasteiger partial charge in [-0.15, -0.1) is 11.6 Å². The van der Waals surface area contributed by atoms with Crippen molar-refractivity contribution in [1.82, 2.24) is 0 Å². The largest absolute Gasteiger partial charge is 0.477 e. The molecule has 68 valence electrons. The summed E-state index contributed by atoms with van der Waals surface area (Å²) in [7, 11) is 0. The summed E-state index contributed by atoms with van der Waals surface area (Å²) in [5.41, 5.74) is 0.796. The Bertz CT molecular complexity index is 333. The molecular formula is C9H7Cl2NO. The average Bonchev–Trinajstić information content (AvgIpc) is 2.15. The lowest BCUT2D eigenvalue weighted by molar-refractivity contribution is 0.365. The van der Waals surface area contributed by atoms with Crippen molar-refractivity contribution in [2.24, 2.45) is 0 Å². The molecule has 0 unspecified atom stereocenters. The summed E-state index contributed by atoms with van der Waals surface area (Å²) >= 11 is 11.5. The number of hydrogen-bond acceptors (Lipinski definition) is 2. The van der Waals surface area contributed by atoms with Gasteiger partial charge in [-0.2, -0.15) is 5.26 Å². The van der Waals surface area contributed by atoms with Crippen molar-refractivity contribution < 1.29 is 4.74 Å². The molecule has 0 spiro atoms. The number of halogens is 2. The second-order valence-electron chi connectivity index (χ2n) is 2.31. The first-order valence-corrected chi connectivity index (χ1v) is 4.54. The third-order valence-electron chi connectivity index (χ3n) is 1.47. The van der Waals surface area contributed by atoms with Crippen LogP contribution < -0.4 is 4.74 Å². The predicted octanol–water partition coefficient (Wildman–Crippen LogP) is 2.98. The minimum absolute atomic E-state index is 0.0202. The van der Waals surface area contributed by atoms with Crippen LogP contribution in [0.2, 0.25) is 5.02 Å². The van der Waals surface area contributed by atoms with Gasteiger partial charge in [0.2, 0.25) is 0 Å². The van der Waals surface area contributed by atoms with Crippen molar-refractivity contribution in [3.63, 3.8) is 0 Å². The van der Waals surface area contributed by atoms with Gasteiger partial charge in [0.05, 0.1) is 10.9 Å². The third kappa shape index (κ3) is 2.51. The first kappa shape index (κ1) is 10.2. The molecule has 13 heavy (non-hydrogen) atoms. The minimum atomic E-state index is -0.0202. The van der Waals surface area contributed by atoms with Gasteiger partial charge in [-0.3, -0.25) is 0 Å². The summed E-state index contributed by atoms with van der Waals surface area (Å²) in [5.74, 6) is 0.821. The molecule has 0 aliphatic heterocycles. The molecule has 0 saturated heterocycles. The van der Waals surface area contributed by atoms with Crippen molar-refractivity contribution in [3.8, 4) is 11.8 Å². The fourth-order valence-electron chi connectivity index (χ4n) is 0.925. The maximum Gasteiger partial charge on any atom is 0.174 e. The second kappa shape index (κ2) is 4.96. The van der Waals surface area contributed by atoms with Crippen LogP contribution in [0.3, 0.4) is 0 Å². The molecule has 1 aromatic carbocycles. The van der Waals surface area contributed by atoms with E-state index < -0.39 is 0 Å². The molecule has 0 bridgehead atoms. The molecule has 4 heteroatoms. The molecule has 0 radical (unpaired) electrons. The Balaban J connectivity index is 2.95. The van der Waals surface area contributed by atoms with Gasteiger partial charge in [0, 0.05) is 5.56 Å². The lowest BCUT2D eigenvalue weighted by atomic mass is 10.2. The highest BCUT2D eigenvalue weighted by Crippen LogP contribution is 2.29. The predicted molar refractivity (Wildman–Crippen MR) is 52.1 cm³/mol. The van der Waals surface area contributed by atoms with E-state index in [9.17, 15) is 0 Å². The molecule has 0 aliphatic carbocycles. The van der Waals surface area contributed by atoms with Crippen molar-refractivity contribution >= 4 is 23.2 Å². The number of para-hydroxylation sites is 1. The zero-order valence-electron chi connectivity index (χ0n) is 6.76. The van der Waals surface area contributed by atoms with Crippen LogP contribution in [-0.4, -0.2) is 6.61 Å². The number of benzene rings is 1. The van der Waals surface area contributed by atoms with Gasteiger partial charge in [0.25, 0.3) is 0 Å². The summed E-state index contributed by atoms with van der Waals surface area (Å²) in [4.78, 5) is 0. The van der Waals surface area contributed by atoms with E-state index in [-0.39, 0.29) is 6.61 Å². The maximum atomic E-state index is 8.33. The van der Waals surface area contributed by atoms with Crippen LogP contribution in [0.5, 0.6) is 5.75 Å². The number of rotatable bonds is 3. The van der Waals surface area contributed by atoms with Crippen LogP contribution in [0.15, 0.2) is 18.2 Å². The van der Waals surface area contributed by atoms with Gasteiger partial charge in [0.15, 0.2) is 6.61 Å². The fourth-order valence-corrected chi connectivity index (χ4v) is 1.38. The molecule has 0 heterocycles. The van der Waals surface area contributed by atoms with E-state index in [1.54, 1.807) is 12.1 Å². The van der Waals surface area contributed by atoms with E-state index in [2.05, 4.69) is 0 Å². The van der Waals surface area contributed by atoms with Crippen molar-refractivity contribution in [1.29, 1.82) is 5.26 Å². The second-order valence-corrected chi connectivity index (χ2v) is 2.98. The first-order chi connectivity index (χ1) is 6.29. The van der Waals surface area contributed by atoms with Gasteiger partial charge in [-0.05, 0) is 6.07 Å². The first-order valence-electron chi connectivity index (χ1n) is 3.62. The Morgan fingerprint density at radius 2 is 2.23 bits per heavy atom. The lowest BCUT2D eigenvalue weighted by Crippen LogP contribution is -1.97. The molecule has 0 N–H and O–H groups in total. The normalized spacial score (nSPS) is 9.31. The number of ether oxygens (including phenoxy) is 1. The summed E-state index contributed by atoms with van der Waals surface area (Å²) in [5, 5.41) is 8.81. The zero-order valence-corrected chi connectivity index (χ0v) is 8.27. The molecule has 0 fully saturated rings. The number of nitrogens with zero attached hydrogens (tertiary/aromatic N) is 1. The van der Waals surface area contributed by atoms with E-state index in [0.717, 1.165) is 5.56 Å². The summed E-state index contributed by atoms with van der Waals surface area (Å²) < 4.78 is 5.13. The summed E-state index contributed by atoms with van der Waals surface area (Å²) in [6.45, 7) is -0.0202. The van der Waals surface area contributed by atoms with Crippen LogP contribution in [-0.2, 0) is 5.88 Å². The molecule has 1 aromatic rings. The van der Waals surface area contributed by atoms with Crippen molar-refractivity contribution in [2.45, 2.75) is 5.88 Å². The van der Waals surface area contributed by atoms with Crippen molar-refractivity contribution in [3.05, 3.63) is 28.8 Å². The third-order valence-corrected chi connectivity index (χ3v) is 2.06. The average molecular weight is 216 g/mol. The van der Waals surface area contributed by atoms with Gasteiger partial charge >= 0.3 is 0 Å². The lowest BCUT2D eigenvalue weighted by Gasteiger charge is -2.08. The van der Waals surface area contributed by atoms with Gasteiger partial charge in [-0.25, -0.2) is 0 Å². The Morgan fingerprint density at radius 3 is 2.85 bits per heavy atom. The number of nitriles is 1. The van der Waals surface area contributed by atoms with E-state index in [1.165, 1.54) is 0 Å². The molecule has 0 atom stereocenters. The Labute approximate surface area is 86.6 Å². The Morgan fingerprint density at radius 1 is 1.46 bits per heavy atom. The van der Waals surface area contributed by atoms with E-state index in [0.29, 0.717) is 16.7 Å². The molecule has 0 aliphatic rings. The maximum absolute atomic E-state index is 8.33. The SMILES string of the molecule is N#CCOc1c(Cl)cccc1CCl. The van der Waals surface area contributed by atoms with Gasteiger partial charge in [0.1, 0.15) is 11.8 Å². The molecule has 1 rings (SSSR count). The van der Waals surface area contributed by atoms with E-state index >= 15 is 0 Å². The Kier molecular flexibility index (Phi) is 3.88. The summed E-state index contributed by atoms with van der Waals surface area (Å²) in [6, 6.07) is 7.17. The smallest absolute Gasteiger partial charge is 0.174 e. The Hall–Kier alpha value is -0.910. The van der Waals surface area contributed by atoms with Crippen LogP contribution in [0.25, 0.3) is 0 Å². The molecule has 2 nitrogen and oxygen atoms in total.